The van der Waals surface area contributed by atoms with Gasteiger partial charge in [-0.2, -0.15) is 0 Å². The van der Waals surface area contributed by atoms with Gasteiger partial charge < -0.3 is 14.4 Å². The van der Waals surface area contributed by atoms with Crippen LogP contribution in [-0.4, -0.2) is 55.6 Å². The molecule has 0 aromatic heterocycles. The lowest BCUT2D eigenvalue weighted by molar-refractivity contribution is -0.132. The first kappa shape index (κ1) is 20.2. The number of hydrogen-bond donors (Lipinski definition) is 0. The molecule has 0 spiro atoms. The first-order chi connectivity index (χ1) is 13.6. The largest absolute Gasteiger partial charge is 0.496 e. The molecule has 0 radical (unpaired) electrons. The van der Waals surface area contributed by atoms with Gasteiger partial charge in [0.25, 0.3) is 0 Å². The Morgan fingerprint density at radius 2 is 1.68 bits per heavy atom. The number of carbonyl (C=O) groups is 1. The molecule has 0 N–H and O–H groups in total. The van der Waals surface area contributed by atoms with Gasteiger partial charge in [0.15, 0.2) is 0 Å². The third-order valence-corrected chi connectivity index (χ3v) is 5.18. The Kier molecular flexibility index (Phi) is 6.93. The van der Waals surface area contributed by atoms with E-state index < -0.39 is 0 Å². The van der Waals surface area contributed by atoms with Crippen molar-refractivity contribution >= 4 is 5.91 Å². The van der Waals surface area contributed by atoms with Crippen LogP contribution in [0.25, 0.3) is 0 Å². The molecule has 0 saturated carbocycles. The second-order valence-electron chi connectivity index (χ2n) is 7.21. The maximum Gasteiger partial charge on any atom is 0.227 e. The van der Waals surface area contributed by atoms with Crippen LogP contribution in [0, 0.1) is 6.92 Å². The Morgan fingerprint density at radius 1 is 1.00 bits per heavy atom. The molecule has 1 heterocycles. The van der Waals surface area contributed by atoms with E-state index in [1.165, 1.54) is 5.56 Å². The summed E-state index contributed by atoms with van der Waals surface area (Å²) in [5.74, 6) is 1.97. The van der Waals surface area contributed by atoms with E-state index in [-0.39, 0.29) is 5.91 Å². The number of benzene rings is 2. The molecule has 1 fully saturated rings. The van der Waals surface area contributed by atoms with Gasteiger partial charge in [0.1, 0.15) is 11.5 Å². The van der Waals surface area contributed by atoms with Gasteiger partial charge in [-0.05, 0) is 48.7 Å². The molecule has 1 aliphatic rings. The quantitative estimate of drug-likeness (QED) is 0.737. The third kappa shape index (κ3) is 5.26. The van der Waals surface area contributed by atoms with Gasteiger partial charge in [0.05, 0.1) is 20.1 Å². The molecular formula is C23H30N2O3. The second-order valence-corrected chi connectivity index (χ2v) is 7.21. The molecular weight excluding hydrogens is 352 g/mol. The van der Waals surface area contributed by atoms with Crippen molar-refractivity contribution in [2.24, 2.45) is 0 Å². The van der Waals surface area contributed by atoms with Crippen molar-refractivity contribution in [2.75, 3.05) is 39.9 Å². The number of rotatable bonds is 7. The SMILES string of the molecule is CCOc1ccc(CC(=O)N2CCN(Cc3ccc(OC)c(C)c3)CC2)cc1. The van der Waals surface area contributed by atoms with Crippen LogP contribution in [0.5, 0.6) is 11.5 Å². The lowest BCUT2D eigenvalue weighted by atomic mass is 10.1. The van der Waals surface area contributed by atoms with Crippen LogP contribution in [-0.2, 0) is 17.8 Å². The zero-order chi connectivity index (χ0) is 19.9. The van der Waals surface area contributed by atoms with E-state index in [9.17, 15) is 4.79 Å². The zero-order valence-electron chi connectivity index (χ0n) is 17.1. The van der Waals surface area contributed by atoms with E-state index in [0.29, 0.717) is 13.0 Å². The fourth-order valence-corrected chi connectivity index (χ4v) is 3.61. The zero-order valence-corrected chi connectivity index (χ0v) is 17.1. The highest BCUT2D eigenvalue weighted by molar-refractivity contribution is 5.79. The van der Waals surface area contributed by atoms with Crippen molar-refractivity contribution in [3.05, 3.63) is 59.2 Å². The van der Waals surface area contributed by atoms with E-state index >= 15 is 0 Å². The summed E-state index contributed by atoms with van der Waals surface area (Å²) in [5, 5.41) is 0. The van der Waals surface area contributed by atoms with E-state index in [0.717, 1.165) is 55.3 Å². The number of nitrogens with zero attached hydrogens (tertiary/aromatic N) is 2. The molecule has 150 valence electrons. The van der Waals surface area contributed by atoms with Crippen LogP contribution >= 0.6 is 0 Å². The fourth-order valence-electron chi connectivity index (χ4n) is 3.61. The maximum absolute atomic E-state index is 12.6. The first-order valence-corrected chi connectivity index (χ1v) is 9.94. The number of aryl methyl sites for hydroxylation is 1. The van der Waals surface area contributed by atoms with Gasteiger partial charge in [-0.15, -0.1) is 0 Å². The van der Waals surface area contributed by atoms with Crippen molar-refractivity contribution in [2.45, 2.75) is 26.8 Å². The monoisotopic (exact) mass is 382 g/mol. The molecule has 0 aliphatic carbocycles. The number of carbonyl (C=O) groups excluding carboxylic acids is 1. The van der Waals surface area contributed by atoms with Gasteiger partial charge in [-0.25, -0.2) is 0 Å². The van der Waals surface area contributed by atoms with Crippen LogP contribution < -0.4 is 9.47 Å². The molecule has 5 nitrogen and oxygen atoms in total. The smallest absolute Gasteiger partial charge is 0.227 e. The molecule has 5 heteroatoms. The van der Waals surface area contributed by atoms with Crippen molar-refractivity contribution in [3.63, 3.8) is 0 Å². The van der Waals surface area contributed by atoms with Crippen molar-refractivity contribution in [1.29, 1.82) is 0 Å². The standard InChI is InChI=1S/C23H30N2O3/c1-4-28-21-8-5-19(6-9-21)16-23(26)25-13-11-24(12-14-25)17-20-7-10-22(27-3)18(2)15-20/h5-10,15H,4,11-14,16-17H2,1-3H3. The Bertz CT molecular complexity index is 781. The summed E-state index contributed by atoms with van der Waals surface area (Å²) >= 11 is 0. The summed E-state index contributed by atoms with van der Waals surface area (Å²) in [4.78, 5) is 17.0. The highest BCUT2D eigenvalue weighted by Crippen LogP contribution is 2.20. The first-order valence-electron chi connectivity index (χ1n) is 9.94. The molecule has 0 unspecified atom stereocenters. The van der Waals surface area contributed by atoms with Crippen molar-refractivity contribution in [3.8, 4) is 11.5 Å². The second kappa shape index (κ2) is 9.60. The lowest BCUT2D eigenvalue weighted by Crippen LogP contribution is -2.48. The summed E-state index contributed by atoms with van der Waals surface area (Å²) in [6.45, 7) is 8.97. The van der Waals surface area contributed by atoms with Crippen LogP contribution in [0.3, 0.4) is 0 Å². The minimum Gasteiger partial charge on any atom is -0.496 e. The highest BCUT2D eigenvalue weighted by atomic mass is 16.5. The van der Waals surface area contributed by atoms with Gasteiger partial charge in [0.2, 0.25) is 5.91 Å². The predicted octanol–water partition coefficient (Wildman–Crippen LogP) is 3.29. The number of hydrogen-bond acceptors (Lipinski definition) is 4. The topological polar surface area (TPSA) is 42.0 Å². The summed E-state index contributed by atoms with van der Waals surface area (Å²) in [7, 11) is 1.70. The average Bonchev–Trinajstić information content (AvgIpc) is 2.70. The Labute approximate surface area is 167 Å². The number of methoxy groups -OCH3 is 1. The molecule has 2 aromatic rings. The predicted molar refractivity (Wildman–Crippen MR) is 111 cm³/mol. The Hall–Kier alpha value is -2.53. The molecule has 3 rings (SSSR count). The summed E-state index contributed by atoms with van der Waals surface area (Å²) < 4.78 is 10.8. The highest BCUT2D eigenvalue weighted by Gasteiger charge is 2.21. The molecule has 28 heavy (non-hydrogen) atoms. The van der Waals surface area contributed by atoms with Crippen LogP contribution in [0.15, 0.2) is 42.5 Å². The lowest BCUT2D eigenvalue weighted by Gasteiger charge is -2.35. The van der Waals surface area contributed by atoms with E-state index in [1.807, 2.05) is 42.2 Å². The van der Waals surface area contributed by atoms with Crippen molar-refractivity contribution in [1.82, 2.24) is 9.80 Å². The summed E-state index contributed by atoms with van der Waals surface area (Å²) in [6.07, 6.45) is 0.448. The minimum atomic E-state index is 0.198. The fraction of sp³-hybridized carbons (Fsp3) is 0.435. The van der Waals surface area contributed by atoms with Crippen LogP contribution in [0.2, 0.25) is 0 Å². The summed E-state index contributed by atoms with van der Waals surface area (Å²) in [5.41, 5.74) is 3.47. The van der Waals surface area contributed by atoms with Gasteiger partial charge in [0, 0.05) is 32.7 Å². The molecule has 1 aliphatic heterocycles. The van der Waals surface area contributed by atoms with Gasteiger partial charge >= 0.3 is 0 Å². The normalized spacial score (nSPS) is 14.8. The summed E-state index contributed by atoms with van der Waals surface area (Å²) in [6, 6.07) is 14.1. The van der Waals surface area contributed by atoms with Crippen LogP contribution in [0.4, 0.5) is 0 Å². The minimum absolute atomic E-state index is 0.198. The molecule has 1 amide bonds. The molecule has 0 bridgehead atoms. The van der Waals surface area contributed by atoms with Gasteiger partial charge in [-0.1, -0.05) is 24.3 Å². The van der Waals surface area contributed by atoms with E-state index in [1.54, 1.807) is 7.11 Å². The number of piperazine rings is 1. The third-order valence-electron chi connectivity index (χ3n) is 5.18. The molecule has 1 saturated heterocycles. The van der Waals surface area contributed by atoms with Crippen molar-refractivity contribution < 1.29 is 14.3 Å². The van der Waals surface area contributed by atoms with Gasteiger partial charge in [-0.3, -0.25) is 9.69 Å². The number of amides is 1. The average molecular weight is 383 g/mol. The van der Waals surface area contributed by atoms with Crippen LogP contribution in [0.1, 0.15) is 23.6 Å². The van der Waals surface area contributed by atoms with E-state index in [2.05, 4.69) is 24.0 Å². The Balaban J connectivity index is 1.47. The molecule has 0 atom stereocenters. The maximum atomic E-state index is 12.6. The Morgan fingerprint density at radius 3 is 2.29 bits per heavy atom. The van der Waals surface area contributed by atoms with E-state index in [4.69, 9.17) is 9.47 Å². The number of ether oxygens (including phenoxy) is 2. The molecule has 2 aromatic carbocycles.